The summed E-state index contributed by atoms with van der Waals surface area (Å²) in [6.07, 6.45) is 0. The molecule has 0 spiro atoms. The number of nitrogens with one attached hydrogen (secondary N) is 1. The molecule has 5 nitrogen and oxygen atoms in total. The maximum atomic E-state index is 13.3. The van der Waals surface area contributed by atoms with Gasteiger partial charge in [-0.25, -0.2) is 0 Å². The zero-order valence-electron chi connectivity index (χ0n) is 19.2. The average molecular weight is 487 g/mol. The Morgan fingerprint density at radius 1 is 0.970 bits per heavy atom. The van der Waals surface area contributed by atoms with Crippen LogP contribution in [-0.2, 0) is 16.1 Å². The van der Waals surface area contributed by atoms with Crippen LogP contribution in [0.2, 0.25) is 10.0 Å². The molecule has 33 heavy (non-hydrogen) atoms. The van der Waals surface area contributed by atoms with Crippen LogP contribution in [0.1, 0.15) is 33.3 Å². The lowest BCUT2D eigenvalue weighted by molar-refractivity contribution is -0.142. The van der Waals surface area contributed by atoms with E-state index in [1.165, 1.54) is 4.90 Å². The lowest BCUT2D eigenvalue weighted by Gasteiger charge is -2.31. The molecule has 0 aliphatic carbocycles. The summed E-state index contributed by atoms with van der Waals surface area (Å²) >= 11 is 12.7. The Kier molecular flexibility index (Phi) is 7.88. The molecule has 2 amide bonds. The number of carbonyl (C=O) groups excluding carboxylic acids is 2. The second kappa shape index (κ2) is 10.4. The van der Waals surface area contributed by atoms with Crippen LogP contribution in [0.4, 0.5) is 0 Å². The topological polar surface area (TPSA) is 58.6 Å². The highest BCUT2D eigenvalue weighted by Crippen LogP contribution is 2.28. The van der Waals surface area contributed by atoms with Crippen molar-refractivity contribution in [2.24, 2.45) is 0 Å². The van der Waals surface area contributed by atoms with E-state index in [4.69, 9.17) is 27.9 Å². The molecule has 0 aliphatic rings. The molecule has 174 valence electrons. The van der Waals surface area contributed by atoms with Gasteiger partial charge >= 0.3 is 0 Å². The molecule has 0 radical (unpaired) electrons. The van der Waals surface area contributed by atoms with E-state index in [0.717, 1.165) is 10.8 Å². The van der Waals surface area contributed by atoms with Gasteiger partial charge in [-0.2, -0.15) is 0 Å². The van der Waals surface area contributed by atoms with E-state index < -0.39 is 11.6 Å². The van der Waals surface area contributed by atoms with Gasteiger partial charge in [-0.3, -0.25) is 9.59 Å². The summed E-state index contributed by atoms with van der Waals surface area (Å²) in [4.78, 5) is 27.7. The van der Waals surface area contributed by atoms with Gasteiger partial charge < -0.3 is 15.0 Å². The second-order valence-corrected chi connectivity index (χ2v) is 9.72. The number of fused-ring (bicyclic) bond motifs is 1. The number of carbonyl (C=O) groups is 2. The average Bonchev–Trinajstić information content (AvgIpc) is 2.75. The Morgan fingerprint density at radius 3 is 2.24 bits per heavy atom. The third-order valence-corrected chi connectivity index (χ3v) is 5.86. The normalized spacial score (nSPS) is 12.3. The van der Waals surface area contributed by atoms with Crippen LogP contribution >= 0.6 is 23.2 Å². The molecule has 0 aliphatic heterocycles. The fraction of sp³-hybridized carbons (Fsp3) is 0.308. The molecular formula is C26H28Cl2N2O3. The Labute approximate surface area is 204 Å². The van der Waals surface area contributed by atoms with E-state index in [1.54, 1.807) is 25.1 Å². The van der Waals surface area contributed by atoms with Crippen molar-refractivity contribution in [1.82, 2.24) is 10.2 Å². The van der Waals surface area contributed by atoms with Gasteiger partial charge in [-0.15, -0.1) is 0 Å². The third kappa shape index (κ3) is 6.40. The van der Waals surface area contributed by atoms with E-state index in [9.17, 15) is 9.59 Å². The van der Waals surface area contributed by atoms with Gasteiger partial charge in [0.1, 0.15) is 11.8 Å². The van der Waals surface area contributed by atoms with Gasteiger partial charge in [0.2, 0.25) is 5.91 Å². The predicted octanol–water partition coefficient (Wildman–Crippen LogP) is 5.86. The van der Waals surface area contributed by atoms with Gasteiger partial charge in [0.05, 0.1) is 0 Å². The molecule has 0 aromatic heterocycles. The first-order valence-corrected chi connectivity index (χ1v) is 11.5. The SMILES string of the molecule is CC(C(=O)NC(C)(C)C)N(Cc1c(Cl)cccc1Cl)C(=O)COc1cccc2ccccc12. The first-order chi connectivity index (χ1) is 15.6. The standard InChI is InChI=1S/C26H28Cl2N2O3/c1-17(25(32)29-26(2,3)4)30(15-20-21(27)12-8-13-22(20)28)24(31)16-33-23-14-7-10-18-9-5-6-11-19(18)23/h5-14,17H,15-16H2,1-4H3,(H,29,32). The van der Waals surface area contributed by atoms with Gasteiger partial charge in [0, 0.05) is 33.1 Å². The van der Waals surface area contributed by atoms with Crippen molar-refractivity contribution in [3.05, 3.63) is 76.3 Å². The van der Waals surface area contributed by atoms with Crippen LogP contribution < -0.4 is 10.1 Å². The van der Waals surface area contributed by atoms with E-state index >= 15 is 0 Å². The maximum absolute atomic E-state index is 13.3. The van der Waals surface area contributed by atoms with Crippen LogP contribution in [0.5, 0.6) is 5.75 Å². The lowest BCUT2D eigenvalue weighted by Crippen LogP contribution is -2.53. The molecular weight excluding hydrogens is 459 g/mol. The summed E-state index contributed by atoms with van der Waals surface area (Å²) in [5, 5.41) is 5.71. The molecule has 0 saturated carbocycles. The van der Waals surface area contributed by atoms with Crippen LogP contribution in [0.3, 0.4) is 0 Å². The fourth-order valence-corrected chi connectivity index (χ4v) is 3.97. The Morgan fingerprint density at radius 2 is 1.58 bits per heavy atom. The third-order valence-electron chi connectivity index (χ3n) is 5.16. The van der Waals surface area contributed by atoms with Gasteiger partial charge in [-0.05, 0) is 51.3 Å². The van der Waals surface area contributed by atoms with Gasteiger partial charge in [-0.1, -0.05) is 65.7 Å². The summed E-state index contributed by atoms with van der Waals surface area (Å²) in [6, 6.07) is 17.8. The van der Waals surface area contributed by atoms with Crippen molar-refractivity contribution in [2.75, 3.05) is 6.61 Å². The van der Waals surface area contributed by atoms with Gasteiger partial charge in [0.25, 0.3) is 5.91 Å². The first-order valence-electron chi connectivity index (χ1n) is 10.7. The molecule has 0 saturated heterocycles. The Balaban J connectivity index is 1.85. The van der Waals surface area contributed by atoms with E-state index in [1.807, 2.05) is 63.2 Å². The van der Waals surface area contributed by atoms with Crippen molar-refractivity contribution in [2.45, 2.75) is 45.8 Å². The molecule has 7 heteroatoms. The highest BCUT2D eigenvalue weighted by molar-refractivity contribution is 6.36. The monoisotopic (exact) mass is 486 g/mol. The number of hydrogen-bond acceptors (Lipinski definition) is 3. The number of ether oxygens (including phenoxy) is 1. The zero-order chi connectivity index (χ0) is 24.2. The summed E-state index contributed by atoms with van der Waals surface area (Å²) in [7, 11) is 0. The molecule has 1 atom stereocenters. The number of benzene rings is 3. The minimum Gasteiger partial charge on any atom is -0.483 e. The lowest BCUT2D eigenvalue weighted by atomic mass is 10.1. The molecule has 3 rings (SSSR count). The van der Waals surface area contributed by atoms with Crippen LogP contribution in [0, 0.1) is 0 Å². The van der Waals surface area contributed by atoms with Crippen molar-refractivity contribution >= 4 is 45.8 Å². The molecule has 1 unspecified atom stereocenters. The largest absolute Gasteiger partial charge is 0.483 e. The summed E-state index contributed by atoms with van der Waals surface area (Å²) < 4.78 is 5.90. The van der Waals surface area contributed by atoms with E-state index in [0.29, 0.717) is 21.4 Å². The zero-order valence-corrected chi connectivity index (χ0v) is 20.7. The van der Waals surface area contributed by atoms with Crippen molar-refractivity contribution in [3.63, 3.8) is 0 Å². The Hall–Kier alpha value is -2.76. The van der Waals surface area contributed by atoms with Crippen molar-refractivity contribution in [1.29, 1.82) is 0 Å². The number of hydrogen-bond donors (Lipinski definition) is 1. The fourth-order valence-electron chi connectivity index (χ4n) is 3.45. The highest BCUT2D eigenvalue weighted by Gasteiger charge is 2.29. The highest BCUT2D eigenvalue weighted by atomic mass is 35.5. The molecule has 1 N–H and O–H groups in total. The molecule has 0 fully saturated rings. The minimum atomic E-state index is -0.764. The van der Waals surface area contributed by atoms with Crippen LogP contribution in [0.25, 0.3) is 10.8 Å². The number of nitrogens with zero attached hydrogens (tertiary/aromatic N) is 1. The molecule has 0 heterocycles. The van der Waals surface area contributed by atoms with Gasteiger partial charge in [0.15, 0.2) is 6.61 Å². The van der Waals surface area contributed by atoms with E-state index in [2.05, 4.69) is 5.32 Å². The second-order valence-electron chi connectivity index (χ2n) is 8.90. The molecule has 0 bridgehead atoms. The number of halogens is 2. The summed E-state index contributed by atoms with van der Waals surface area (Å²) in [5.74, 6) is -0.0244. The maximum Gasteiger partial charge on any atom is 0.261 e. The molecule has 3 aromatic carbocycles. The smallest absolute Gasteiger partial charge is 0.261 e. The number of amides is 2. The summed E-state index contributed by atoms with van der Waals surface area (Å²) in [5.41, 5.74) is 0.136. The van der Waals surface area contributed by atoms with E-state index in [-0.39, 0.29) is 25.0 Å². The van der Waals surface area contributed by atoms with Crippen molar-refractivity contribution < 1.29 is 14.3 Å². The molecule has 3 aromatic rings. The number of rotatable bonds is 7. The van der Waals surface area contributed by atoms with Crippen molar-refractivity contribution in [3.8, 4) is 5.75 Å². The first kappa shape index (κ1) is 24.9. The quantitative estimate of drug-likeness (QED) is 0.455. The summed E-state index contributed by atoms with van der Waals surface area (Å²) in [6.45, 7) is 7.19. The van der Waals surface area contributed by atoms with Crippen LogP contribution in [-0.4, -0.2) is 34.9 Å². The van der Waals surface area contributed by atoms with Crippen LogP contribution in [0.15, 0.2) is 60.7 Å². The minimum absolute atomic E-state index is 0.0783. The predicted molar refractivity (Wildman–Crippen MR) is 134 cm³/mol. The Bertz CT molecular complexity index is 1130.